The second-order valence-electron chi connectivity index (χ2n) is 4.48. The summed E-state index contributed by atoms with van der Waals surface area (Å²) in [6.45, 7) is 3.83. The molecule has 0 saturated heterocycles. The predicted molar refractivity (Wildman–Crippen MR) is 80.7 cm³/mol. The van der Waals surface area contributed by atoms with Crippen LogP contribution in [-0.2, 0) is 0 Å². The topological polar surface area (TPSA) is 87.7 Å². The summed E-state index contributed by atoms with van der Waals surface area (Å²) in [5.41, 5.74) is 6.67. The van der Waals surface area contributed by atoms with Gasteiger partial charge in [0.05, 0.1) is 10.6 Å². The van der Waals surface area contributed by atoms with E-state index in [1.807, 2.05) is 13.8 Å². The van der Waals surface area contributed by atoms with Crippen LogP contribution in [0, 0.1) is 19.7 Å². The van der Waals surface area contributed by atoms with Crippen LogP contribution in [0.2, 0.25) is 0 Å². The summed E-state index contributed by atoms with van der Waals surface area (Å²) in [5.74, 6) is -1.22. The summed E-state index contributed by atoms with van der Waals surface area (Å²) in [5, 5.41) is 13.8. The Morgan fingerprint density at radius 2 is 2.10 bits per heavy atom. The van der Waals surface area contributed by atoms with Crippen molar-refractivity contribution in [3.05, 3.63) is 51.0 Å². The van der Waals surface area contributed by atoms with E-state index in [4.69, 9.17) is 10.9 Å². The minimum Gasteiger partial charge on any atom is -0.409 e. The van der Waals surface area contributed by atoms with Gasteiger partial charge in [0, 0.05) is 10.4 Å². The lowest BCUT2D eigenvalue weighted by Crippen LogP contribution is -2.15. The van der Waals surface area contributed by atoms with Gasteiger partial charge in [0.15, 0.2) is 5.84 Å². The molecule has 0 fully saturated rings. The third-order valence-electron chi connectivity index (χ3n) is 3.01. The standard InChI is InChI=1S/C14H14FN3O2S/c1-7-5-12(21-8(7)2)14(19)17-11-4-3-9(6-10(11)15)13(16)18-20/h3-6,20H,1-2H3,(H2,16,18)(H,17,19). The number of rotatable bonds is 3. The van der Waals surface area contributed by atoms with E-state index < -0.39 is 5.82 Å². The quantitative estimate of drug-likeness (QED) is 0.352. The second kappa shape index (κ2) is 5.92. The summed E-state index contributed by atoms with van der Waals surface area (Å²) < 4.78 is 13.9. The minimum atomic E-state index is -0.655. The molecule has 0 spiro atoms. The Labute approximate surface area is 124 Å². The van der Waals surface area contributed by atoms with Crippen molar-refractivity contribution < 1.29 is 14.4 Å². The highest BCUT2D eigenvalue weighted by Crippen LogP contribution is 2.23. The van der Waals surface area contributed by atoms with Gasteiger partial charge in [-0.05, 0) is 43.7 Å². The molecule has 0 bridgehead atoms. The van der Waals surface area contributed by atoms with E-state index in [0.29, 0.717) is 4.88 Å². The van der Waals surface area contributed by atoms with Crippen molar-refractivity contribution in [3.63, 3.8) is 0 Å². The highest BCUT2D eigenvalue weighted by Gasteiger charge is 2.13. The molecule has 4 N–H and O–H groups in total. The van der Waals surface area contributed by atoms with Crippen LogP contribution < -0.4 is 11.1 Å². The number of carbonyl (C=O) groups is 1. The number of nitrogens with one attached hydrogen (secondary N) is 1. The number of nitrogens with zero attached hydrogens (tertiary/aromatic N) is 1. The first kappa shape index (κ1) is 15.0. The molecule has 0 atom stereocenters. The van der Waals surface area contributed by atoms with Crippen molar-refractivity contribution in [1.82, 2.24) is 0 Å². The second-order valence-corrected chi connectivity index (χ2v) is 5.74. The van der Waals surface area contributed by atoms with E-state index in [1.54, 1.807) is 6.07 Å². The molecule has 5 nitrogen and oxygen atoms in total. The molecule has 2 aromatic rings. The first-order valence-electron chi connectivity index (χ1n) is 6.08. The number of oxime groups is 1. The van der Waals surface area contributed by atoms with Gasteiger partial charge in [0.2, 0.25) is 0 Å². The molecule has 7 heteroatoms. The van der Waals surface area contributed by atoms with Gasteiger partial charge >= 0.3 is 0 Å². The van der Waals surface area contributed by atoms with Crippen LogP contribution in [0.1, 0.15) is 25.7 Å². The summed E-state index contributed by atoms with van der Waals surface area (Å²) >= 11 is 1.35. The molecule has 1 aromatic carbocycles. The van der Waals surface area contributed by atoms with Gasteiger partial charge in [0.25, 0.3) is 5.91 Å². The summed E-state index contributed by atoms with van der Waals surface area (Å²) in [6.07, 6.45) is 0. The highest BCUT2D eigenvalue weighted by atomic mass is 32.1. The Morgan fingerprint density at radius 3 is 2.62 bits per heavy atom. The zero-order chi connectivity index (χ0) is 15.6. The van der Waals surface area contributed by atoms with Gasteiger partial charge < -0.3 is 16.3 Å². The molecule has 0 radical (unpaired) electrons. The largest absolute Gasteiger partial charge is 0.409 e. The fourth-order valence-corrected chi connectivity index (χ4v) is 2.63. The van der Waals surface area contributed by atoms with Crippen LogP contribution in [-0.4, -0.2) is 17.0 Å². The zero-order valence-electron chi connectivity index (χ0n) is 11.5. The van der Waals surface area contributed by atoms with E-state index in [2.05, 4.69) is 10.5 Å². The predicted octanol–water partition coefficient (Wildman–Crippen LogP) is 2.85. The maximum Gasteiger partial charge on any atom is 0.265 e. The van der Waals surface area contributed by atoms with Crippen LogP contribution in [0.15, 0.2) is 29.4 Å². The molecule has 1 heterocycles. The lowest BCUT2D eigenvalue weighted by atomic mass is 10.2. The fourth-order valence-electron chi connectivity index (χ4n) is 1.70. The highest BCUT2D eigenvalue weighted by molar-refractivity contribution is 7.14. The molecule has 21 heavy (non-hydrogen) atoms. The summed E-state index contributed by atoms with van der Waals surface area (Å²) in [7, 11) is 0. The van der Waals surface area contributed by atoms with Crippen molar-refractivity contribution in [2.75, 3.05) is 5.32 Å². The molecule has 110 valence electrons. The van der Waals surface area contributed by atoms with Crippen LogP contribution in [0.4, 0.5) is 10.1 Å². The number of halogens is 1. The van der Waals surface area contributed by atoms with Crippen molar-refractivity contribution >= 4 is 28.8 Å². The monoisotopic (exact) mass is 307 g/mol. The number of amidine groups is 1. The first-order chi connectivity index (χ1) is 9.92. The van der Waals surface area contributed by atoms with Crippen molar-refractivity contribution in [1.29, 1.82) is 0 Å². The Bertz CT molecular complexity index is 706. The molecule has 0 aliphatic carbocycles. The molecule has 1 aromatic heterocycles. The summed E-state index contributed by atoms with van der Waals surface area (Å²) in [6, 6.07) is 5.68. The number of anilines is 1. The fraction of sp³-hybridized carbons (Fsp3) is 0.143. The lowest BCUT2D eigenvalue weighted by Gasteiger charge is -2.06. The van der Waals surface area contributed by atoms with E-state index in [1.165, 1.54) is 23.5 Å². The Morgan fingerprint density at radius 1 is 1.38 bits per heavy atom. The van der Waals surface area contributed by atoms with Crippen molar-refractivity contribution in [2.45, 2.75) is 13.8 Å². The maximum atomic E-state index is 13.9. The number of nitrogens with two attached hydrogens (primary N) is 1. The third-order valence-corrected chi connectivity index (χ3v) is 4.16. The lowest BCUT2D eigenvalue weighted by molar-refractivity contribution is 0.103. The minimum absolute atomic E-state index is 0.0400. The van der Waals surface area contributed by atoms with Crippen LogP contribution in [0.25, 0.3) is 0 Å². The van der Waals surface area contributed by atoms with Gasteiger partial charge in [-0.3, -0.25) is 4.79 Å². The Kier molecular flexibility index (Phi) is 4.23. The molecular weight excluding hydrogens is 293 g/mol. The third kappa shape index (κ3) is 3.19. The molecule has 0 aliphatic heterocycles. The summed E-state index contributed by atoms with van der Waals surface area (Å²) in [4.78, 5) is 13.6. The molecule has 1 amide bonds. The number of carbonyl (C=O) groups excluding carboxylic acids is 1. The maximum absolute atomic E-state index is 13.9. The van der Waals surface area contributed by atoms with E-state index in [-0.39, 0.29) is 23.0 Å². The van der Waals surface area contributed by atoms with E-state index in [9.17, 15) is 9.18 Å². The number of hydrogen-bond donors (Lipinski definition) is 3. The van der Waals surface area contributed by atoms with Gasteiger partial charge in [-0.1, -0.05) is 5.16 Å². The molecule has 2 rings (SSSR count). The first-order valence-corrected chi connectivity index (χ1v) is 6.90. The number of thiophene rings is 1. The smallest absolute Gasteiger partial charge is 0.265 e. The Hall–Kier alpha value is -2.41. The SMILES string of the molecule is Cc1cc(C(=O)Nc2ccc(/C(N)=N/O)cc2F)sc1C. The zero-order valence-corrected chi connectivity index (χ0v) is 12.3. The van der Waals surface area contributed by atoms with Crippen LogP contribution in [0.3, 0.4) is 0 Å². The van der Waals surface area contributed by atoms with Crippen molar-refractivity contribution in [2.24, 2.45) is 10.9 Å². The van der Waals surface area contributed by atoms with Gasteiger partial charge in [-0.15, -0.1) is 11.3 Å². The Balaban J connectivity index is 2.22. The number of amides is 1. The van der Waals surface area contributed by atoms with Gasteiger partial charge in [-0.2, -0.15) is 0 Å². The van der Waals surface area contributed by atoms with Gasteiger partial charge in [-0.25, -0.2) is 4.39 Å². The van der Waals surface area contributed by atoms with E-state index in [0.717, 1.165) is 16.5 Å². The number of aryl methyl sites for hydroxylation is 2. The normalized spacial score (nSPS) is 11.5. The molecule has 0 aliphatic rings. The molecule has 0 saturated carbocycles. The van der Waals surface area contributed by atoms with Crippen LogP contribution >= 0.6 is 11.3 Å². The van der Waals surface area contributed by atoms with Gasteiger partial charge in [0.1, 0.15) is 5.82 Å². The molecular formula is C14H14FN3O2S. The van der Waals surface area contributed by atoms with E-state index >= 15 is 0 Å². The van der Waals surface area contributed by atoms with Crippen LogP contribution in [0.5, 0.6) is 0 Å². The number of hydrogen-bond acceptors (Lipinski definition) is 4. The average Bonchev–Trinajstić information content (AvgIpc) is 2.80. The molecule has 0 unspecified atom stereocenters. The number of benzene rings is 1. The van der Waals surface area contributed by atoms with Crippen molar-refractivity contribution in [3.8, 4) is 0 Å². The average molecular weight is 307 g/mol.